The molecule has 0 saturated heterocycles. The molecule has 1 amide bonds. The lowest BCUT2D eigenvalue weighted by Crippen LogP contribution is -2.30. The van der Waals surface area contributed by atoms with Gasteiger partial charge in [0, 0.05) is 17.5 Å². The first-order valence-corrected chi connectivity index (χ1v) is 13.5. The highest BCUT2D eigenvalue weighted by Crippen LogP contribution is 2.25. The summed E-state index contributed by atoms with van der Waals surface area (Å²) in [6.07, 6.45) is 2.77. The van der Waals surface area contributed by atoms with E-state index in [0.29, 0.717) is 17.2 Å². The molecule has 0 aromatic heterocycles. The van der Waals surface area contributed by atoms with Crippen LogP contribution in [0.2, 0.25) is 0 Å². The molecule has 0 radical (unpaired) electrons. The number of nitrogens with zero attached hydrogens (tertiary/aromatic N) is 1. The Kier molecular flexibility index (Phi) is 8.21. The third kappa shape index (κ3) is 6.18. The minimum absolute atomic E-state index is 0.0920. The van der Waals surface area contributed by atoms with Crippen molar-refractivity contribution in [1.29, 1.82) is 0 Å². The van der Waals surface area contributed by atoms with Crippen molar-refractivity contribution in [2.45, 2.75) is 36.1 Å². The van der Waals surface area contributed by atoms with Crippen LogP contribution >= 0.6 is 11.8 Å². The monoisotopic (exact) mass is 482 g/mol. The second-order valence-electron chi connectivity index (χ2n) is 8.26. The van der Waals surface area contributed by atoms with E-state index in [2.05, 4.69) is 19.2 Å². The number of anilines is 1. The number of hydrogen-bond acceptors (Lipinski definition) is 4. The van der Waals surface area contributed by atoms with Gasteiger partial charge in [0.1, 0.15) is 0 Å². The fourth-order valence-corrected chi connectivity index (χ4v) is 5.15. The van der Waals surface area contributed by atoms with Gasteiger partial charge in [0.2, 0.25) is 0 Å². The van der Waals surface area contributed by atoms with Crippen LogP contribution in [0.15, 0.2) is 88.7 Å². The molecule has 0 aliphatic heterocycles. The van der Waals surface area contributed by atoms with E-state index in [0.717, 1.165) is 16.9 Å². The van der Waals surface area contributed by atoms with Crippen molar-refractivity contribution in [3.8, 4) is 0 Å². The third-order valence-electron chi connectivity index (χ3n) is 5.43. The molecule has 3 rings (SSSR count). The van der Waals surface area contributed by atoms with Crippen LogP contribution in [0.1, 0.15) is 42.2 Å². The maximum Gasteiger partial charge on any atom is 0.264 e. The summed E-state index contributed by atoms with van der Waals surface area (Å²) in [7, 11) is -2.18. The molecular weight excluding hydrogens is 452 g/mol. The Bertz CT molecular complexity index is 1160. The highest BCUT2D eigenvalue weighted by Gasteiger charge is 2.22. The van der Waals surface area contributed by atoms with E-state index < -0.39 is 10.0 Å². The molecule has 1 atom stereocenters. The Morgan fingerprint density at radius 1 is 0.939 bits per heavy atom. The zero-order chi connectivity index (χ0) is 24.0. The van der Waals surface area contributed by atoms with Gasteiger partial charge in [-0.25, -0.2) is 8.42 Å². The number of sulfonamides is 1. The van der Waals surface area contributed by atoms with Crippen molar-refractivity contribution in [2.75, 3.05) is 17.6 Å². The molecule has 33 heavy (non-hydrogen) atoms. The van der Waals surface area contributed by atoms with Crippen LogP contribution < -0.4 is 9.62 Å². The van der Waals surface area contributed by atoms with Gasteiger partial charge in [-0.15, -0.1) is 11.8 Å². The van der Waals surface area contributed by atoms with Crippen LogP contribution in [0.3, 0.4) is 0 Å². The van der Waals surface area contributed by atoms with Crippen LogP contribution in [0.5, 0.6) is 0 Å². The van der Waals surface area contributed by atoms with Gasteiger partial charge < -0.3 is 5.32 Å². The number of benzene rings is 3. The Morgan fingerprint density at radius 3 is 2.09 bits per heavy atom. The van der Waals surface area contributed by atoms with Crippen LogP contribution in [0.4, 0.5) is 5.69 Å². The minimum Gasteiger partial charge on any atom is -0.345 e. The lowest BCUT2D eigenvalue weighted by Gasteiger charge is -2.22. The highest BCUT2D eigenvalue weighted by atomic mass is 32.2. The first kappa shape index (κ1) is 24.9. The Hall–Kier alpha value is -2.77. The molecular formula is C26H30N2O3S2. The lowest BCUT2D eigenvalue weighted by molar-refractivity contribution is 0.0932. The number of carbonyl (C=O) groups is 1. The van der Waals surface area contributed by atoms with Gasteiger partial charge in [-0.05, 0) is 72.7 Å². The van der Waals surface area contributed by atoms with E-state index in [4.69, 9.17) is 0 Å². The number of rotatable bonds is 9. The topological polar surface area (TPSA) is 66.5 Å². The molecule has 0 unspecified atom stereocenters. The van der Waals surface area contributed by atoms with Crippen molar-refractivity contribution in [1.82, 2.24) is 5.32 Å². The third-order valence-corrected chi connectivity index (χ3v) is 7.97. The van der Waals surface area contributed by atoms with Crippen molar-refractivity contribution >= 4 is 33.4 Å². The van der Waals surface area contributed by atoms with E-state index >= 15 is 0 Å². The number of hydrogen-bond donors (Lipinski definition) is 1. The summed E-state index contributed by atoms with van der Waals surface area (Å²) in [6.45, 7) is 4.25. The molecule has 0 heterocycles. The van der Waals surface area contributed by atoms with E-state index in [1.54, 1.807) is 60.3 Å². The van der Waals surface area contributed by atoms with Crippen molar-refractivity contribution in [3.63, 3.8) is 0 Å². The molecule has 0 fully saturated rings. The predicted octanol–water partition coefficient (Wildman–Crippen LogP) is 5.75. The molecule has 0 spiro atoms. The van der Waals surface area contributed by atoms with Crippen molar-refractivity contribution < 1.29 is 13.2 Å². The smallest absolute Gasteiger partial charge is 0.264 e. The van der Waals surface area contributed by atoms with Gasteiger partial charge in [0.15, 0.2) is 0 Å². The van der Waals surface area contributed by atoms with Crippen LogP contribution in [0, 0.1) is 5.92 Å². The quantitative estimate of drug-likeness (QED) is 0.394. The largest absolute Gasteiger partial charge is 0.345 e. The molecule has 1 N–H and O–H groups in total. The summed E-state index contributed by atoms with van der Waals surface area (Å²) in [4.78, 5) is 14.1. The Morgan fingerprint density at radius 2 is 1.55 bits per heavy atom. The van der Waals surface area contributed by atoms with Crippen LogP contribution in [-0.4, -0.2) is 27.6 Å². The number of thioether (sulfide) groups is 1. The van der Waals surface area contributed by atoms with E-state index in [-0.39, 0.29) is 16.8 Å². The molecule has 7 heteroatoms. The van der Waals surface area contributed by atoms with Gasteiger partial charge in [-0.3, -0.25) is 9.10 Å². The summed E-state index contributed by atoms with van der Waals surface area (Å²) in [5.74, 6) is 0.232. The first-order valence-electron chi connectivity index (χ1n) is 10.8. The van der Waals surface area contributed by atoms with Crippen molar-refractivity contribution in [2.24, 2.45) is 5.92 Å². The van der Waals surface area contributed by atoms with Gasteiger partial charge in [0.05, 0.1) is 16.6 Å². The maximum atomic E-state index is 13.0. The van der Waals surface area contributed by atoms with E-state index in [9.17, 15) is 13.2 Å². The highest BCUT2D eigenvalue weighted by molar-refractivity contribution is 7.98. The standard InChI is InChI=1S/C26H30N2O3S2/c1-19(2)18-25(20-8-6-5-7-9-20)27-26(29)21-10-12-22(13-11-21)28(3)33(30,31)24-16-14-23(32-4)15-17-24/h5-17,19,25H,18H2,1-4H3,(H,27,29)/t25-/m0/s1. The molecule has 174 valence electrons. The molecule has 0 aliphatic carbocycles. The summed E-state index contributed by atoms with van der Waals surface area (Å²) >= 11 is 1.56. The molecule has 0 aliphatic rings. The predicted molar refractivity (Wildman–Crippen MR) is 136 cm³/mol. The van der Waals surface area contributed by atoms with Gasteiger partial charge in [-0.1, -0.05) is 44.2 Å². The maximum absolute atomic E-state index is 13.0. The normalized spacial score (nSPS) is 12.4. The van der Waals surface area contributed by atoms with Crippen LogP contribution in [0.25, 0.3) is 0 Å². The summed E-state index contributed by atoms with van der Waals surface area (Å²) < 4.78 is 27.2. The van der Waals surface area contributed by atoms with E-state index in [1.165, 1.54) is 11.4 Å². The number of amides is 1. The molecule has 3 aromatic rings. The second kappa shape index (κ2) is 10.9. The average molecular weight is 483 g/mol. The number of nitrogens with one attached hydrogen (secondary N) is 1. The second-order valence-corrected chi connectivity index (χ2v) is 11.1. The van der Waals surface area contributed by atoms with Gasteiger partial charge in [0.25, 0.3) is 15.9 Å². The zero-order valence-corrected chi connectivity index (χ0v) is 21.0. The Labute approximate surface area is 201 Å². The average Bonchev–Trinajstić information content (AvgIpc) is 2.83. The zero-order valence-electron chi connectivity index (χ0n) is 19.4. The van der Waals surface area contributed by atoms with Gasteiger partial charge >= 0.3 is 0 Å². The molecule has 3 aromatic carbocycles. The van der Waals surface area contributed by atoms with Crippen molar-refractivity contribution in [3.05, 3.63) is 90.0 Å². The first-order chi connectivity index (χ1) is 15.7. The van der Waals surface area contributed by atoms with Gasteiger partial charge in [-0.2, -0.15) is 0 Å². The summed E-state index contributed by atoms with van der Waals surface area (Å²) in [5, 5.41) is 3.12. The number of carbonyl (C=O) groups excluding carboxylic acids is 1. The Balaban J connectivity index is 1.76. The lowest BCUT2D eigenvalue weighted by atomic mass is 9.96. The molecule has 0 saturated carbocycles. The van der Waals surface area contributed by atoms with E-state index in [1.807, 2.05) is 36.6 Å². The molecule has 5 nitrogen and oxygen atoms in total. The summed E-state index contributed by atoms with van der Waals surface area (Å²) in [6, 6.07) is 23.3. The SMILES string of the molecule is CSc1ccc(S(=O)(=O)N(C)c2ccc(C(=O)N[C@@H](CC(C)C)c3ccccc3)cc2)cc1. The fourth-order valence-electron chi connectivity index (χ4n) is 3.54. The van der Waals surface area contributed by atoms with Crippen LogP contribution in [-0.2, 0) is 10.0 Å². The molecule has 0 bridgehead atoms. The minimum atomic E-state index is -3.70. The fraction of sp³-hybridized carbons (Fsp3) is 0.269. The summed E-state index contributed by atoms with van der Waals surface area (Å²) in [5.41, 5.74) is 2.04.